The molecule has 0 fully saturated rings. The van der Waals surface area contributed by atoms with Crippen molar-refractivity contribution < 1.29 is 4.79 Å². The van der Waals surface area contributed by atoms with Crippen LogP contribution in [0.5, 0.6) is 0 Å². The molecular formula is C20H23N3OS2. The van der Waals surface area contributed by atoms with E-state index in [1.807, 2.05) is 10.8 Å². The molecule has 0 saturated heterocycles. The molecule has 4 nitrogen and oxygen atoms in total. The van der Waals surface area contributed by atoms with E-state index in [4.69, 9.17) is 0 Å². The number of nitrogens with one attached hydrogen (secondary N) is 1. The highest BCUT2D eigenvalue weighted by Gasteiger charge is 2.13. The summed E-state index contributed by atoms with van der Waals surface area (Å²) in [4.78, 5) is 21.4. The summed E-state index contributed by atoms with van der Waals surface area (Å²) in [6.07, 6.45) is 0.279. The third-order valence-electron chi connectivity index (χ3n) is 4.27. The second-order valence-electron chi connectivity index (χ2n) is 6.85. The highest BCUT2D eigenvalue weighted by Crippen LogP contribution is 2.29. The van der Waals surface area contributed by atoms with Gasteiger partial charge in [0.15, 0.2) is 5.13 Å². The Bertz CT molecular complexity index is 940. The molecule has 3 rings (SSSR count). The summed E-state index contributed by atoms with van der Waals surface area (Å²) in [7, 11) is 0. The van der Waals surface area contributed by atoms with Gasteiger partial charge in [0.05, 0.1) is 22.8 Å². The van der Waals surface area contributed by atoms with Gasteiger partial charge in [0.25, 0.3) is 0 Å². The molecule has 2 aromatic heterocycles. The molecule has 0 unspecified atom stereocenters. The first kappa shape index (κ1) is 18.7. The number of anilines is 1. The van der Waals surface area contributed by atoms with Gasteiger partial charge in [-0.1, -0.05) is 19.9 Å². The Kier molecular flexibility index (Phi) is 5.53. The van der Waals surface area contributed by atoms with Crippen LogP contribution in [0.25, 0.3) is 11.3 Å². The topological polar surface area (TPSA) is 54.9 Å². The molecule has 0 aliphatic rings. The largest absolute Gasteiger partial charge is 0.302 e. The predicted molar refractivity (Wildman–Crippen MR) is 110 cm³/mol. The fraction of sp³-hybridized carbons (Fsp3) is 0.350. The highest BCUT2D eigenvalue weighted by atomic mass is 32.1. The molecule has 0 bridgehead atoms. The monoisotopic (exact) mass is 385 g/mol. The number of nitrogens with zero attached hydrogens (tertiary/aromatic N) is 2. The number of hydrogen-bond donors (Lipinski definition) is 1. The quantitative estimate of drug-likeness (QED) is 0.631. The Morgan fingerprint density at radius 2 is 1.77 bits per heavy atom. The third kappa shape index (κ3) is 4.19. The zero-order valence-corrected chi connectivity index (χ0v) is 17.3. The van der Waals surface area contributed by atoms with Gasteiger partial charge in [0.1, 0.15) is 0 Å². The number of rotatable bonds is 5. The molecule has 0 radical (unpaired) electrons. The SMILES string of the molecule is Cc1cc(C)c(-c2csc(NC(=O)Cc3csc(C(C)C)n3)n2)cc1C. The molecule has 136 valence electrons. The summed E-state index contributed by atoms with van der Waals surface area (Å²) in [5.41, 5.74) is 6.55. The van der Waals surface area contributed by atoms with Crippen molar-refractivity contribution in [2.75, 3.05) is 5.32 Å². The van der Waals surface area contributed by atoms with Crippen molar-refractivity contribution in [1.82, 2.24) is 9.97 Å². The van der Waals surface area contributed by atoms with Gasteiger partial charge >= 0.3 is 0 Å². The fourth-order valence-electron chi connectivity index (χ4n) is 2.69. The number of carbonyl (C=O) groups is 1. The number of thiazole rings is 2. The number of carbonyl (C=O) groups excluding carboxylic acids is 1. The first-order valence-electron chi connectivity index (χ1n) is 8.61. The molecule has 1 amide bonds. The zero-order chi connectivity index (χ0) is 18.8. The number of aromatic nitrogens is 2. The minimum atomic E-state index is -0.0803. The lowest BCUT2D eigenvalue weighted by Gasteiger charge is -2.07. The lowest BCUT2D eigenvalue weighted by atomic mass is 9.99. The third-order valence-corrected chi connectivity index (χ3v) is 6.22. The zero-order valence-electron chi connectivity index (χ0n) is 15.7. The summed E-state index contributed by atoms with van der Waals surface area (Å²) >= 11 is 3.06. The number of hydrogen-bond acceptors (Lipinski definition) is 5. The average molecular weight is 386 g/mol. The normalized spacial score (nSPS) is 11.2. The van der Waals surface area contributed by atoms with E-state index in [1.165, 1.54) is 28.0 Å². The maximum Gasteiger partial charge on any atom is 0.232 e. The van der Waals surface area contributed by atoms with Crippen LogP contribution in [0.3, 0.4) is 0 Å². The maximum absolute atomic E-state index is 12.3. The van der Waals surface area contributed by atoms with Gasteiger partial charge in [-0.25, -0.2) is 9.97 Å². The first-order chi connectivity index (χ1) is 12.3. The summed E-state index contributed by atoms with van der Waals surface area (Å²) in [6, 6.07) is 4.34. The Balaban J connectivity index is 1.70. The molecule has 26 heavy (non-hydrogen) atoms. The predicted octanol–water partition coefficient (Wildman–Crippen LogP) is 5.50. The Morgan fingerprint density at radius 3 is 2.46 bits per heavy atom. The minimum absolute atomic E-state index is 0.0803. The van der Waals surface area contributed by atoms with Crippen LogP contribution < -0.4 is 5.32 Å². The number of benzene rings is 1. The van der Waals surface area contributed by atoms with E-state index in [1.54, 1.807) is 11.3 Å². The molecular weight excluding hydrogens is 362 g/mol. The highest BCUT2D eigenvalue weighted by molar-refractivity contribution is 7.14. The molecule has 1 aromatic carbocycles. The van der Waals surface area contributed by atoms with Crippen LogP contribution in [0, 0.1) is 20.8 Å². The Hall–Kier alpha value is -2.05. The van der Waals surface area contributed by atoms with Crippen molar-refractivity contribution in [2.45, 2.75) is 47.0 Å². The van der Waals surface area contributed by atoms with Crippen molar-refractivity contribution in [3.05, 3.63) is 50.3 Å². The standard InChI is InChI=1S/C20H23N3OS2/c1-11(2)19-21-15(9-25-19)8-18(24)23-20-22-17(10-26-20)16-7-13(4)12(3)6-14(16)5/h6-7,9-11H,8H2,1-5H3,(H,22,23,24). The lowest BCUT2D eigenvalue weighted by molar-refractivity contribution is -0.115. The number of aryl methyl sites for hydroxylation is 3. The molecule has 0 aliphatic heterocycles. The van der Waals surface area contributed by atoms with E-state index in [-0.39, 0.29) is 12.3 Å². The second-order valence-corrected chi connectivity index (χ2v) is 8.59. The lowest BCUT2D eigenvalue weighted by Crippen LogP contribution is -2.14. The van der Waals surface area contributed by atoms with Crippen molar-refractivity contribution in [1.29, 1.82) is 0 Å². The van der Waals surface area contributed by atoms with Crippen LogP contribution in [0.4, 0.5) is 5.13 Å². The van der Waals surface area contributed by atoms with E-state index in [9.17, 15) is 4.79 Å². The molecule has 0 atom stereocenters. The average Bonchev–Trinajstić information content (AvgIpc) is 3.20. The van der Waals surface area contributed by atoms with Gasteiger partial charge in [0, 0.05) is 22.2 Å². The summed E-state index contributed by atoms with van der Waals surface area (Å²) in [5.74, 6) is 0.308. The molecule has 6 heteroatoms. The van der Waals surface area contributed by atoms with Gasteiger partial charge in [-0.05, 0) is 43.5 Å². The van der Waals surface area contributed by atoms with Gasteiger partial charge in [0.2, 0.25) is 5.91 Å². The molecule has 0 saturated carbocycles. The van der Waals surface area contributed by atoms with E-state index < -0.39 is 0 Å². The number of amides is 1. The fourth-order valence-corrected chi connectivity index (χ4v) is 4.25. The van der Waals surface area contributed by atoms with Crippen LogP contribution in [-0.2, 0) is 11.2 Å². The van der Waals surface area contributed by atoms with Crippen LogP contribution in [0.15, 0.2) is 22.9 Å². The Labute approximate surface area is 162 Å². The van der Waals surface area contributed by atoms with Gasteiger partial charge in [-0.15, -0.1) is 22.7 Å². The van der Waals surface area contributed by atoms with Crippen molar-refractivity contribution in [2.24, 2.45) is 0 Å². The summed E-state index contributed by atoms with van der Waals surface area (Å²) in [5, 5.41) is 8.54. The molecule has 1 N–H and O–H groups in total. The van der Waals surface area contributed by atoms with E-state index in [0.29, 0.717) is 11.0 Å². The Morgan fingerprint density at radius 1 is 1.04 bits per heavy atom. The summed E-state index contributed by atoms with van der Waals surface area (Å²) < 4.78 is 0. The van der Waals surface area contributed by atoms with E-state index in [0.717, 1.165) is 22.0 Å². The van der Waals surface area contributed by atoms with Crippen molar-refractivity contribution >= 4 is 33.7 Å². The molecule has 0 aliphatic carbocycles. The van der Waals surface area contributed by atoms with E-state index >= 15 is 0 Å². The molecule has 0 spiro atoms. The minimum Gasteiger partial charge on any atom is -0.302 e. The van der Waals surface area contributed by atoms with Gasteiger partial charge in [-0.2, -0.15) is 0 Å². The van der Waals surface area contributed by atoms with Crippen LogP contribution in [0.1, 0.15) is 47.2 Å². The van der Waals surface area contributed by atoms with Crippen molar-refractivity contribution in [3.63, 3.8) is 0 Å². The first-order valence-corrected chi connectivity index (χ1v) is 10.4. The van der Waals surface area contributed by atoms with Gasteiger partial charge < -0.3 is 5.32 Å². The maximum atomic E-state index is 12.3. The van der Waals surface area contributed by atoms with Crippen LogP contribution in [-0.4, -0.2) is 15.9 Å². The van der Waals surface area contributed by atoms with Gasteiger partial charge in [-0.3, -0.25) is 4.79 Å². The molecule has 3 aromatic rings. The second kappa shape index (κ2) is 7.68. The van der Waals surface area contributed by atoms with E-state index in [2.05, 4.69) is 62.0 Å². The summed E-state index contributed by atoms with van der Waals surface area (Å²) in [6.45, 7) is 10.5. The smallest absolute Gasteiger partial charge is 0.232 e. The van der Waals surface area contributed by atoms with Crippen molar-refractivity contribution in [3.8, 4) is 11.3 Å². The van der Waals surface area contributed by atoms with Crippen LogP contribution >= 0.6 is 22.7 Å². The van der Waals surface area contributed by atoms with Crippen LogP contribution in [0.2, 0.25) is 0 Å². The molecule has 2 heterocycles.